The lowest BCUT2D eigenvalue weighted by Gasteiger charge is -2.31. The first-order valence-electron chi connectivity index (χ1n) is 9.98. The molecule has 0 spiro atoms. The predicted molar refractivity (Wildman–Crippen MR) is 111 cm³/mol. The van der Waals surface area contributed by atoms with Crippen molar-refractivity contribution in [2.75, 3.05) is 18.8 Å². The van der Waals surface area contributed by atoms with Gasteiger partial charge >= 0.3 is 0 Å². The molecule has 0 aliphatic carbocycles. The lowest BCUT2D eigenvalue weighted by atomic mass is 9.99. The van der Waals surface area contributed by atoms with Crippen LogP contribution in [0.3, 0.4) is 0 Å². The Morgan fingerprint density at radius 1 is 1.07 bits per heavy atom. The van der Waals surface area contributed by atoms with Crippen LogP contribution in [0.2, 0.25) is 0 Å². The standard InChI is InChI=1S/C22H27FN2O3S/c23-21-12-10-19(11-13-21)16-24-22(26)20-9-4-14-25(17-20)29(27,28)15-5-8-18-6-2-1-3-7-18/h1-3,6-7,10-13,20H,4-5,8-9,14-17H2,(H,24,26). The smallest absolute Gasteiger partial charge is 0.224 e. The summed E-state index contributed by atoms with van der Waals surface area (Å²) in [5.74, 6) is -0.738. The van der Waals surface area contributed by atoms with Crippen LogP contribution in [-0.4, -0.2) is 37.5 Å². The number of halogens is 1. The maximum atomic E-state index is 13.0. The van der Waals surface area contributed by atoms with Crippen molar-refractivity contribution < 1.29 is 17.6 Å². The highest BCUT2D eigenvalue weighted by molar-refractivity contribution is 7.89. The monoisotopic (exact) mass is 418 g/mol. The highest BCUT2D eigenvalue weighted by Gasteiger charge is 2.31. The fourth-order valence-corrected chi connectivity index (χ4v) is 5.16. The van der Waals surface area contributed by atoms with Gasteiger partial charge in [0.15, 0.2) is 0 Å². The van der Waals surface area contributed by atoms with Crippen LogP contribution in [0.25, 0.3) is 0 Å². The molecule has 1 unspecified atom stereocenters. The van der Waals surface area contributed by atoms with E-state index in [0.717, 1.165) is 17.5 Å². The van der Waals surface area contributed by atoms with Gasteiger partial charge in [-0.25, -0.2) is 17.1 Å². The molecule has 2 aromatic rings. The molecule has 7 heteroatoms. The fraction of sp³-hybridized carbons (Fsp3) is 0.409. The second-order valence-electron chi connectivity index (χ2n) is 7.45. The van der Waals surface area contributed by atoms with Crippen LogP contribution in [-0.2, 0) is 27.8 Å². The quantitative estimate of drug-likeness (QED) is 0.716. The van der Waals surface area contributed by atoms with Crippen molar-refractivity contribution in [3.63, 3.8) is 0 Å². The first-order chi connectivity index (χ1) is 13.9. The molecule has 1 heterocycles. The van der Waals surface area contributed by atoms with E-state index in [2.05, 4.69) is 5.32 Å². The Bertz CT molecular complexity index is 901. The van der Waals surface area contributed by atoms with Gasteiger partial charge in [-0.1, -0.05) is 42.5 Å². The minimum absolute atomic E-state index is 0.0891. The van der Waals surface area contributed by atoms with Crippen molar-refractivity contribution >= 4 is 15.9 Å². The highest BCUT2D eigenvalue weighted by atomic mass is 32.2. The Balaban J connectivity index is 1.49. The van der Waals surface area contributed by atoms with Crippen LogP contribution in [0, 0.1) is 11.7 Å². The second-order valence-corrected chi connectivity index (χ2v) is 9.54. The number of amides is 1. The number of benzene rings is 2. The Hall–Kier alpha value is -2.25. The number of aryl methyl sites for hydroxylation is 1. The van der Waals surface area contributed by atoms with E-state index in [0.29, 0.717) is 32.4 Å². The lowest BCUT2D eigenvalue weighted by molar-refractivity contribution is -0.126. The molecular formula is C22H27FN2O3S. The predicted octanol–water partition coefficient (Wildman–Crippen LogP) is 3.12. The number of nitrogens with zero attached hydrogens (tertiary/aromatic N) is 1. The number of carbonyl (C=O) groups is 1. The van der Waals surface area contributed by atoms with E-state index < -0.39 is 10.0 Å². The maximum Gasteiger partial charge on any atom is 0.224 e. The summed E-state index contributed by atoms with van der Waals surface area (Å²) >= 11 is 0. The van der Waals surface area contributed by atoms with Crippen molar-refractivity contribution in [1.82, 2.24) is 9.62 Å². The molecule has 2 aromatic carbocycles. The Morgan fingerprint density at radius 3 is 2.52 bits per heavy atom. The van der Waals surface area contributed by atoms with Crippen molar-refractivity contribution in [2.45, 2.75) is 32.2 Å². The van der Waals surface area contributed by atoms with E-state index in [1.165, 1.54) is 16.4 Å². The molecule has 0 radical (unpaired) electrons. The largest absolute Gasteiger partial charge is 0.352 e. The summed E-state index contributed by atoms with van der Waals surface area (Å²) in [6.45, 7) is 0.998. The molecule has 1 atom stereocenters. The molecule has 0 aromatic heterocycles. The summed E-state index contributed by atoms with van der Waals surface area (Å²) in [5.41, 5.74) is 1.93. The topological polar surface area (TPSA) is 66.5 Å². The van der Waals surface area contributed by atoms with Gasteiger partial charge in [0.2, 0.25) is 15.9 Å². The molecular weight excluding hydrogens is 391 g/mol. The Labute approximate surface area is 172 Å². The van der Waals surface area contributed by atoms with Crippen LogP contribution in [0.5, 0.6) is 0 Å². The van der Waals surface area contributed by atoms with Crippen LogP contribution >= 0.6 is 0 Å². The van der Waals surface area contributed by atoms with Crippen LogP contribution in [0.4, 0.5) is 4.39 Å². The van der Waals surface area contributed by atoms with E-state index in [-0.39, 0.29) is 29.9 Å². The van der Waals surface area contributed by atoms with Gasteiger partial charge in [0.25, 0.3) is 0 Å². The number of nitrogens with one attached hydrogen (secondary N) is 1. The van der Waals surface area contributed by atoms with Crippen molar-refractivity contribution in [3.05, 3.63) is 71.5 Å². The molecule has 1 N–H and O–H groups in total. The molecule has 1 aliphatic heterocycles. The second kappa shape index (κ2) is 9.98. The lowest BCUT2D eigenvalue weighted by Crippen LogP contribution is -2.46. The van der Waals surface area contributed by atoms with Gasteiger partial charge in [-0.3, -0.25) is 4.79 Å². The maximum absolute atomic E-state index is 13.0. The number of rotatable bonds is 8. The zero-order valence-corrected chi connectivity index (χ0v) is 17.2. The number of hydrogen-bond donors (Lipinski definition) is 1. The molecule has 1 amide bonds. The third-order valence-corrected chi connectivity index (χ3v) is 7.16. The number of piperidine rings is 1. The average molecular weight is 419 g/mol. The van der Waals surface area contributed by atoms with Crippen LogP contribution in [0.1, 0.15) is 30.4 Å². The third-order valence-electron chi connectivity index (χ3n) is 5.24. The average Bonchev–Trinajstić information content (AvgIpc) is 2.74. The summed E-state index contributed by atoms with van der Waals surface area (Å²) in [4.78, 5) is 12.5. The molecule has 156 valence electrons. The minimum atomic E-state index is -3.38. The zero-order chi connectivity index (χ0) is 20.7. The summed E-state index contributed by atoms with van der Waals surface area (Å²) < 4.78 is 39.9. The normalized spacial score (nSPS) is 17.8. The fourth-order valence-electron chi connectivity index (χ4n) is 3.58. The molecule has 0 saturated carbocycles. The SMILES string of the molecule is O=C(NCc1ccc(F)cc1)C1CCCN(S(=O)(=O)CCCc2ccccc2)C1. The van der Waals surface area contributed by atoms with E-state index in [9.17, 15) is 17.6 Å². The van der Waals surface area contributed by atoms with Crippen molar-refractivity contribution in [1.29, 1.82) is 0 Å². The minimum Gasteiger partial charge on any atom is -0.352 e. The highest BCUT2D eigenvalue weighted by Crippen LogP contribution is 2.20. The molecule has 3 rings (SSSR count). The number of carbonyl (C=O) groups excluding carboxylic acids is 1. The first-order valence-corrected chi connectivity index (χ1v) is 11.6. The number of hydrogen-bond acceptors (Lipinski definition) is 3. The third kappa shape index (κ3) is 6.37. The molecule has 1 aliphatic rings. The van der Waals surface area contributed by atoms with Gasteiger partial charge < -0.3 is 5.32 Å². The summed E-state index contributed by atoms with van der Waals surface area (Å²) in [5, 5.41) is 2.84. The molecule has 0 bridgehead atoms. The summed E-state index contributed by atoms with van der Waals surface area (Å²) in [6, 6.07) is 15.8. The Morgan fingerprint density at radius 2 is 1.79 bits per heavy atom. The van der Waals surface area contributed by atoms with Crippen LogP contribution in [0.15, 0.2) is 54.6 Å². The van der Waals surface area contributed by atoms with Gasteiger partial charge in [-0.2, -0.15) is 0 Å². The molecule has 1 fully saturated rings. The van der Waals surface area contributed by atoms with Gasteiger partial charge in [-0.15, -0.1) is 0 Å². The van der Waals surface area contributed by atoms with Gasteiger partial charge in [0, 0.05) is 19.6 Å². The molecule has 29 heavy (non-hydrogen) atoms. The molecule has 1 saturated heterocycles. The summed E-state index contributed by atoms with van der Waals surface area (Å²) in [6.07, 6.45) is 2.62. The first kappa shape index (κ1) is 21.5. The van der Waals surface area contributed by atoms with Crippen molar-refractivity contribution in [2.24, 2.45) is 5.92 Å². The van der Waals surface area contributed by atoms with Gasteiger partial charge in [0.05, 0.1) is 11.7 Å². The van der Waals surface area contributed by atoms with Gasteiger partial charge in [0.1, 0.15) is 5.82 Å². The summed E-state index contributed by atoms with van der Waals surface area (Å²) in [7, 11) is -3.38. The Kier molecular flexibility index (Phi) is 7.39. The van der Waals surface area contributed by atoms with Crippen LogP contribution < -0.4 is 5.32 Å². The molecule has 5 nitrogen and oxygen atoms in total. The van der Waals surface area contributed by atoms with Crippen molar-refractivity contribution in [3.8, 4) is 0 Å². The van der Waals surface area contributed by atoms with E-state index >= 15 is 0 Å². The number of sulfonamides is 1. The van der Waals surface area contributed by atoms with E-state index in [1.807, 2.05) is 30.3 Å². The van der Waals surface area contributed by atoms with E-state index in [4.69, 9.17) is 0 Å². The zero-order valence-electron chi connectivity index (χ0n) is 16.4. The van der Waals surface area contributed by atoms with E-state index in [1.54, 1.807) is 12.1 Å². The van der Waals surface area contributed by atoms with Gasteiger partial charge in [-0.05, 0) is 48.9 Å².